The summed E-state index contributed by atoms with van der Waals surface area (Å²) in [5.41, 5.74) is 2.81. The minimum Gasteiger partial charge on any atom is -0.351 e. The summed E-state index contributed by atoms with van der Waals surface area (Å²) in [7, 11) is -3.21. The molecular weight excluding hydrogens is 442 g/mol. The quantitative estimate of drug-likeness (QED) is 0.374. The Kier molecular flexibility index (Phi) is 6.72. The zero-order valence-corrected chi connectivity index (χ0v) is 19.5. The van der Waals surface area contributed by atoms with Crippen LogP contribution in [0, 0.1) is 6.92 Å². The molecule has 2 aromatic heterocycles. The fourth-order valence-electron chi connectivity index (χ4n) is 3.57. The van der Waals surface area contributed by atoms with E-state index in [4.69, 9.17) is 0 Å². The second-order valence-electron chi connectivity index (χ2n) is 7.75. The van der Waals surface area contributed by atoms with Gasteiger partial charge < -0.3 is 5.32 Å². The molecule has 0 aliphatic carbocycles. The first-order chi connectivity index (χ1) is 15.4. The summed E-state index contributed by atoms with van der Waals surface area (Å²) in [6, 6.07) is 21.1. The van der Waals surface area contributed by atoms with E-state index in [0.717, 1.165) is 27.0 Å². The van der Waals surface area contributed by atoms with Crippen molar-refractivity contribution in [2.75, 3.05) is 12.3 Å². The van der Waals surface area contributed by atoms with E-state index in [-0.39, 0.29) is 17.4 Å². The maximum Gasteiger partial charge on any atom is 0.261 e. The van der Waals surface area contributed by atoms with Crippen LogP contribution >= 0.6 is 11.3 Å². The highest BCUT2D eigenvalue weighted by Crippen LogP contribution is 2.28. The average molecular weight is 468 g/mol. The largest absolute Gasteiger partial charge is 0.351 e. The van der Waals surface area contributed by atoms with Gasteiger partial charge in [0, 0.05) is 11.9 Å². The number of benzene rings is 2. The molecule has 6 nitrogen and oxygen atoms in total. The van der Waals surface area contributed by atoms with Crippen molar-refractivity contribution in [1.82, 2.24) is 15.1 Å². The van der Waals surface area contributed by atoms with Crippen molar-refractivity contribution in [2.24, 2.45) is 0 Å². The summed E-state index contributed by atoms with van der Waals surface area (Å²) in [5.74, 6) is -0.119. The number of aryl methyl sites for hydroxylation is 1. The average Bonchev–Trinajstić information content (AvgIpc) is 3.34. The summed E-state index contributed by atoms with van der Waals surface area (Å²) < 4.78 is 26.5. The van der Waals surface area contributed by atoms with Gasteiger partial charge in [0.05, 0.1) is 28.6 Å². The number of fused-ring (bicyclic) bond motifs is 1. The maximum absolute atomic E-state index is 12.6. The van der Waals surface area contributed by atoms with E-state index in [9.17, 15) is 13.2 Å². The van der Waals surface area contributed by atoms with E-state index < -0.39 is 9.84 Å². The highest BCUT2D eigenvalue weighted by molar-refractivity contribution is 7.90. The van der Waals surface area contributed by atoms with Gasteiger partial charge in [-0.05, 0) is 30.5 Å². The van der Waals surface area contributed by atoms with Gasteiger partial charge in [-0.1, -0.05) is 60.7 Å². The van der Waals surface area contributed by atoms with Gasteiger partial charge in [-0.3, -0.25) is 9.48 Å². The SMILES string of the molecule is Cc1nn(Cc2ccccc2)c2sc(C(=O)NCCCS(=O)(=O)Cc3ccccc3)cc12. The number of aromatic nitrogens is 2. The van der Waals surface area contributed by atoms with Crippen LogP contribution in [0.5, 0.6) is 0 Å². The Morgan fingerprint density at radius 2 is 1.69 bits per heavy atom. The molecule has 4 rings (SSSR count). The lowest BCUT2D eigenvalue weighted by molar-refractivity contribution is 0.0958. The Balaban J connectivity index is 1.34. The van der Waals surface area contributed by atoms with E-state index in [2.05, 4.69) is 22.5 Å². The molecule has 0 saturated heterocycles. The third-order valence-electron chi connectivity index (χ3n) is 5.15. The summed E-state index contributed by atoms with van der Waals surface area (Å²) in [6.07, 6.45) is 0.382. The zero-order valence-electron chi connectivity index (χ0n) is 17.8. The molecule has 2 aromatic carbocycles. The molecular formula is C24H25N3O3S2. The normalized spacial score (nSPS) is 11.7. The van der Waals surface area contributed by atoms with E-state index in [1.807, 2.05) is 66.2 Å². The molecule has 0 saturated carbocycles. The number of nitrogens with one attached hydrogen (secondary N) is 1. The maximum atomic E-state index is 12.6. The fraction of sp³-hybridized carbons (Fsp3) is 0.250. The summed E-state index contributed by atoms with van der Waals surface area (Å²) >= 11 is 1.41. The minimum atomic E-state index is -3.21. The molecule has 1 amide bonds. The number of hydrogen-bond acceptors (Lipinski definition) is 5. The topological polar surface area (TPSA) is 81.1 Å². The van der Waals surface area contributed by atoms with Crippen molar-refractivity contribution in [3.05, 3.63) is 88.4 Å². The number of sulfone groups is 1. The fourth-order valence-corrected chi connectivity index (χ4v) is 6.08. The van der Waals surface area contributed by atoms with Crippen molar-refractivity contribution < 1.29 is 13.2 Å². The van der Waals surface area contributed by atoms with Crippen molar-refractivity contribution in [1.29, 1.82) is 0 Å². The molecule has 166 valence electrons. The predicted octanol–water partition coefficient (Wildman–Crippen LogP) is 4.19. The second kappa shape index (κ2) is 9.67. The van der Waals surface area contributed by atoms with Crippen LogP contribution in [-0.4, -0.2) is 36.4 Å². The van der Waals surface area contributed by atoms with Crippen LogP contribution in [0.4, 0.5) is 0 Å². The van der Waals surface area contributed by atoms with Crippen molar-refractivity contribution >= 4 is 37.3 Å². The first-order valence-electron chi connectivity index (χ1n) is 10.4. The van der Waals surface area contributed by atoms with Crippen LogP contribution in [0.15, 0.2) is 66.7 Å². The van der Waals surface area contributed by atoms with E-state index in [1.165, 1.54) is 11.3 Å². The van der Waals surface area contributed by atoms with E-state index in [0.29, 0.717) is 24.4 Å². The molecule has 32 heavy (non-hydrogen) atoms. The molecule has 0 fully saturated rings. The molecule has 4 aromatic rings. The van der Waals surface area contributed by atoms with Gasteiger partial charge in [-0.15, -0.1) is 11.3 Å². The summed E-state index contributed by atoms with van der Waals surface area (Å²) in [6.45, 7) is 2.90. The number of hydrogen-bond donors (Lipinski definition) is 1. The van der Waals surface area contributed by atoms with Crippen LogP contribution in [0.25, 0.3) is 10.2 Å². The molecule has 0 radical (unpaired) electrons. The lowest BCUT2D eigenvalue weighted by Crippen LogP contribution is -2.25. The van der Waals surface area contributed by atoms with E-state index in [1.54, 1.807) is 0 Å². The molecule has 8 heteroatoms. The molecule has 0 aliphatic rings. The van der Waals surface area contributed by atoms with Gasteiger partial charge in [0.1, 0.15) is 4.83 Å². The van der Waals surface area contributed by atoms with Gasteiger partial charge in [0.25, 0.3) is 5.91 Å². The van der Waals surface area contributed by atoms with Gasteiger partial charge in [0.15, 0.2) is 9.84 Å². The molecule has 0 aliphatic heterocycles. The monoisotopic (exact) mass is 467 g/mol. The van der Waals surface area contributed by atoms with E-state index >= 15 is 0 Å². The molecule has 0 bridgehead atoms. The first kappa shape index (κ1) is 22.2. The number of amides is 1. The highest BCUT2D eigenvalue weighted by Gasteiger charge is 2.17. The summed E-state index contributed by atoms with van der Waals surface area (Å²) in [5, 5.41) is 8.44. The van der Waals surface area contributed by atoms with Gasteiger partial charge in [-0.2, -0.15) is 5.10 Å². The zero-order chi connectivity index (χ0) is 22.6. The predicted molar refractivity (Wildman–Crippen MR) is 129 cm³/mol. The van der Waals surface area contributed by atoms with Crippen LogP contribution in [0.1, 0.15) is 32.9 Å². The minimum absolute atomic E-state index is 0.0231. The Morgan fingerprint density at radius 1 is 1.03 bits per heavy atom. The Labute approximate surface area is 191 Å². The Morgan fingerprint density at radius 3 is 2.38 bits per heavy atom. The molecule has 0 atom stereocenters. The van der Waals surface area contributed by atoms with Gasteiger partial charge in [-0.25, -0.2) is 8.42 Å². The standard InChI is InChI=1S/C24H25N3O3S2/c1-18-21-15-22(31-24(21)27(26-18)16-19-9-4-2-5-10-19)23(28)25-13-8-14-32(29,30)17-20-11-6-3-7-12-20/h2-7,9-12,15H,8,13-14,16-17H2,1H3,(H,25,28). The Hall–Kier alpha value is -2.97. The lowest BCUT2D eigenvalue weighted by atomic mass is 10.2. The number of thiophene rings is 1. The van der Waals surface area contributed by atoms with Crippen LogP contribution in [0.3, 0.4) is 0 Å². The van der Waals surface area contributed by atoms with Gasteiger partial charge in [0.2, 0.25) is 0 Å². The van der Waals surface area contributed by atoms with Crippen LogP contribution in [-0.2, 0) is 22.1 Å². The van der Waals surface area contributed by atoms with Crippen molar-refractivity contribution in [2.45, 2.75) is 25.6 Å². The van der Waals surface area contributed by atoms with Gasteiger partial charge >= 0.3 is 0 Å². The second-order valence-corrected chi connectivity index (χ2v) is 11.0. The lowest BCUT2D eigenvalue weighted by Gasteiger charge is -2.06. The molecule has 0 spiro atoms. The molecule has 0 unspecified atom stereocenters. The summed E-state index contributed by atoms with van der Waals surface area (Å²) in [4.78, 5) is 14.2. The molecule has 2 heterocycles. The molecule has 1 N–H and O–H groups in total. The number of carbonyl (C=O) groups is 1. The highest BCUT2D eigenvalue weighted by atomic mass is 32.2. The smallest absolute Gasteiger partial charge is 0.261 e. The third-order valence-corrected chi connectivity index (χ3v) is 7.98. The first-order valence-corrected chi connectivity index (χ1v) is 13.1. The third kappa shape index (κ3) is 5.44. The van der Waals surface area contributed by atoms with Crippen LogP contribution < -0.4 is 5.32 Å². The van der Waals surface area contributed by atoms with Crippen LogP contribution in [0.2, 0.25) is 0 Å². The number of carbonyl (C=O) groups excluding carboxylic acids is 1. The van der Waals surface area contributed by atoms with Crippen molar-refractivity contribution in [3.8, 4) is 0 Å². The number of rotatable bonds is 9. The van der Waals surface area contributed by atoms with Crippen molar-refractivity contribution in [3.63, 3.8) is 0 Å². The Bertz CT molecular complexity index is 1310. The number of nitrogens with zero attached hydrogens (tertiary/aromatic N) is 2.